The lowest BCUT2D eigenvalue weighted by molar-refractivity contribution is -0.228. The minimum absolute atomic E-state index is 0.0320. The van der Waals surface area contributed by atoms with Crippen LogP contribution in [-0.2, 0) is 70.6 Å². The zero-order valence-corrected chi connectivity index (χ0v) is 49.2. The van der Waals surface area contributed by atoms with E-state index in [0.717, 1.165) is 38.5 Å². The summed E-state index contributed by atoms with van der Waals surface area (Å²) in [6.45, 7) is 8.45. The first-order valence-electron chi connectivity index (χ1n) is 30.0. The van der Waals surface area contributed by atoms with Crippen LogP contribution in [0, 0.1) is 0 Å². The lowest BCUT2D eigenvalue weighted by Gasteiger charge is -2.25. The number of unbranched alkanes of at least 4 members (excludes halogenated alkanes) is 28. The first-order valence-corrected chi connectivity index (χ1v) is 31.5. The van der Waals surface area contributed by atoms with Crippen LogP contribution in [0.2, 0.25) is 0 Å². The molecule has 0 aromatic rings. The monoisotopic (exact) mass is 1110 g/mol. The van der Waals surface area contributed by atoms with Gasteiger partial charge in [0.25, 0.3) is 7.82 Å². The molecule has 0 radical (unpaired) electrons. The summed E-state index contributed by atoms with van der Waals surface area (Å²) in [4.78, 5) is 50.2. The summed E-state index contributed by atoms with van der Waals surface area (Å²) >= 11 is 0. The third-order valence-corrected chi connectivity index (χ3v) is 13.5. The molecule has 0 saturated carbocycles. The van der Waals surface area contributed by atoms with Gasteiger partial charge in [-0.25, -0.2) is 4.79 Å². The van der Waals surface area contributed by atoms with Gasteiger partial charge < -0.3 is 66.6 Å². The van der Waals surface area contributed by atoms with Crippen molar-refractivity contribution in [1.29, 1.82) is 0 Å². The number of alkyl carbamates (subject to hydrolysis) is 1. The molecule has 1 unspecified atom stereocenters. The first kappa shape index (κ1) is 74.0. The Balaban J connectivity index is 4.36. The van der Waals surface area contributed by atoms with Crippen LogP contribution in [0.4, 0.5) is 4.79 Å². The number of methoxy groups -OCH3 is 1. The Labute approximate surface area is 461 Å². The van der Waals surface area contributed by atoms with E-state index in [1.165, 1.54) is 141 Å². The maximum Gasteiger partial charge on any atom is 0.407 e. The van der Waals surface area contributed by atoms with Crippen molar-refractivity contribution in [3.8, 4) is 0 Å². The zero-order chi connectivity index (χ0) is 55.4. The van der Waals surface area contributed by atoms with Gasteiger partial charge in [-0.2, -0.15) is 0 Å². The SMILES string of the molecule is CCCCCCCCCCCCCCCCCC(=O)OC[C@H](COP(=O)([O-])OCCNC(=O)OCCOCCOCCOCCOCCOCCOCCOC)OC(=O)CCCCCCCCCCCCCCCCC. The highest BCUT2D eigenvalue weighted by atomic mass is 31.2. The fourth-order valence-electron chi connectivity index (χ4n) is 8.01. The van der Waals surface area contributed by atoms with Gasteiger partial charge in [-0.05, 0) is 12.8 Å². The predicted molar refractivity (Wildman–Crippen MR) is 296 cm³/mol. The second-order valence-corrected chi connectivity index (χ2v) is 20.9. The highest BCUT2D eigenvalue weighted by molar-refractivity contribution is 7.45. The molecule has 0 bridgehead atoms. The fourth-order valence-corrected chi connectivity index (χ4v) is 8.75. The summed E-state index contributed by atoms with van der Waals surface area (Å²) < 4.78 is 76.0. The molecule has 2 atom stereocenters. The number of esters is 2. The van der Waals surface area contributed by atoms with Gasteiger partial charge in [-0.3, -0.25) is 14.2 Å². The standard InChI is InChI=1S/C57H112NO17P/c1-4-6-8-10-12-14-16-18-20-22-24-26-28-30-32-34-55(59)72-52-54(75-56(60)35-33-31-29-27-25-23-21-19-17-15-13-11-9-7-5-2)53-74-76(62,63)73-37-36-58-57(61)71-51-50-70-49-48-69-47-46-68-45-44-67-43-42-66-41-40-65-39-38-64-3/h54H,4-53H2,1-3H3,(H,58,61)(H,62,63)/p-1/t54-/m1/s1. The van der Waals surface area contributed by atoms with Crippen LogP contribution < -0.4 is 10.2 Å². The molecule has 19 heteroatoms. The summed E-state index contributed by atoms with van der Waals surface area (Å²) in [6.07, 6.45) is 34.9. The maximum absolute atomic E-state index is 12.8. The van der Waals surface area contributed by atoms with E-state index in [1.807, 2.05) is 0 Å². The third kappa shape index (κ3) is 59.7. The van der Waals surface area contributed by atoms with Crippen LogP contribution >= 0.6 is 7.82 Å². The highest BCUT2D eigenvalue weighted by Crippen LogP contribution is 2.38. The number of phosphoric ester groups is 1. The van der Waals surface area contributed by atoms with Crippen LogP contribution in [-0.4, -0.2) is 150 Å². The van der Waals surface area contributed by atoms with E-state index in [4.69, 9.17) is 56.4 Å². The number of rotatable bonds is 63. The first-order chi connectivity index (χ1) is 37.2. The molecular weight excluding hydrogens is 1000 g/mol. The van der Waals surface area contributed by atoms with E-state index in [2.05, 4.69) is 19.2 Å². The van der Waals surface area contributed by atoms with Gasteiger partial charge in [-0.1, -0.05) is 194 Å². The number of hydrogen-bond donors (Lipinski definition) is 1. The van der Waals surface area contributed by atoms with Crippen LogP contribution in [0.15, 0.2) is 0 Å². The molecule has 18 nitrogen and oxygen atoms in total. The van der Waals surface area contributed by atoms with E-state index in [0.29, 0.717) is 92.1 Å². The molecular formula is C57H111NO17P-. The van der Waals surface area contributed by atoms with Crippen molar-refractivity contribution in [2.45, 2.75) is 225 Å². The highest BCUT2D eigenvalue weighted by Gasteiger charge is 2.21. The van der Waals surface area contributed by atoms with Gasteiger partial charge in [0, 0.05) is 26.5 Å². The number of amides is 1. The molecule has 0 saturated heterocycles. The average Bonchev–Trinajstić information content (AvgIpc) is 3.41. The molecule has 0 spiro atoms. The molecule has 76 heavy (non-hydrogen) atoms. The quantitative estimate of drug-likeness (QED) is 0.0259. The van der Waals surface area contributed by atoms with Crippen molar-refractivity contribution in [2.24, 2.45) is 0 Å². The number of ether oxygens (including phenoxy) is 10. The van der Waals surface area contributed by atoms with Crippen LogP contribution in [0.25, 0.3) is 0 Å². The second-order valence-electron chi connectivity index (χ2n) is 19.5. The smallest absolute Gasteiger partial charge is 0.407 e. The van der Waals surface area contributed by atoms with Crippen LogP contribution in [0.1, 0.15) is 219 Å². The minimum Gasteiger partial charge on any atom is -0.756 e. The molecule has 452 valence electrons. The summed E-state index contributed by atoms with van der Waals surface area (Å²) in [5, 5.41) is 2.40. The Hall–Kier alpha value is -1.96. The van der Waals surface area contributed by atoms with Crippen molar-refractivity contribution in [1.82, 2.24) is 5.32 Å². The van der Waals surface area contributed by atoms with Crippen molar-refractivity contribution < 1.29 is 80.3 Å². The number of carbonyl (C=O) groups excluding carboxylic acids is 3. The van der Waals surface area contributed by atoms with Gasteiger partial charge in [0.1, 0.15) is 13.2 Å². The summed E-state index contributed by atoms with van der Waals surface area (Å²) in [5.41, 5.74) is 0. The Morgan fingerprint density at radius 2 is 0.724 bits per heavy atom. The minimum atomic E-state index is -4.89. The van der Waals surface area contributed by atoms with E-state index < -0.39 is 45.2 Å². The van der Waals surface area contributed by atoms with E-state index in [9.17, 15) is 23.8 Å². The lowest BCUT2D eigenvalue weighted by Crippen LogP contribution is -2.31. The molecule has 0 fully saturated rings. The normalized spacial score (nSPS) is 12.7. The van der Waals surface area contributed by atoms with Gasteiger partial charge in [0.15, 0.2) is 6.10 Å². The molecule has 0 aromatic heterocycles. The third-order valence-electron chi connectivity index (χ3n) is 12.5. The summed E-state index contributed by atoms with van der Waals surface area (Å²) in [6, 6.07) is 0. The van der Waals surface area contributed by atoms with Crippen molar-refractivity contribution in [3.05, 3.63) is 0 Å². The van der Waals surface area contributed by atoms with Gasteiger partial charge in [0.2, 0.25) is 0 Å². The molecule has 0 rings (SSSR count). The summed E-state index contributed by atoms with van der Waals surface area (Å²) in [7, 11) is -3.26. The molecule has 0 aromatic carbocycles. The lowest BCUT2D eigenvalue weighted by atomic mass is 10.0. The van der Waals surface area contributed by atoms with Crippen LogP contribution in [0.5, 0.6) is 0 Å². The van der Waals surface area contributed by atoms with Crippen molar-refractivity contribution in [2.75, 3.05) is 126 Å². The van der Waals surface area contributed by atoms with Gasteiger partial charge in [-0.15, -0.1) is 0 Å². The number of phosphoric acid groups is 1. The Morgan fingerprint density at radius 3 is 1.09 bits per heavy atom. The van der Waals surface area contributed by atoms with Crippen LogP contribution in [0.3, 0.4) is 0 Å². The Morgan fingerprint density at radius 1 is 0.395 bits per heavy atom. The maximum atomic E-state index is 12.8. The predicted octanol–water partition coefficient (Wildman–Crippen LogP) is 11.9. The molecule has 0 aliphatic rings. The topological polar surface area (TPSA) is 214 Å². The molecule has 0 heterocycles. The fraction of sp³-hybridized carbons (Fsp3) is 0.947. The number of hydrogen-bond acceptors (Lipinski definition) is 17. The molecule has 0 aliphatic heterocycles. The average molecular weight is 1110 g/mol. The molecule has 1 N–H and O–H groups in total. The number of nitrogens with one attached hydrogen (secondary N) is 1. The Bertz CT molecular complexity index is 1290. The van der Waals surface area contributed by atoms with E-state index >= 15 is 0 Å². The largest absolute Gasteiger partial charge is 0.756 e. The van der Waals surface area contributed by atoms with Crippen molar-refractivity contribution >= 4 is 25.9 Å². The summed E-state index contributed by atoms with van der Waals surface area (Å²) in [5.74, 6) is -0.955. The van der Waals surface area contributed by atoms with Gasteiger partial charge in [0.05, 0.1) is 99.1 Å². The molecule has 1 amide bonds. The van der Waals surface area contributed by atoms with E-state index in [-0.39, 0.29) is 39.2 Å². The van der Waals surface area contributed by atoms with E-state index in [1.54, 1.807) is 7.11 Å². The number of carbonyl (C=O) groups is 3. The van der Waals surface area contributed by atoms with Crippen molar-refractivity contribution in [3.63, 3.8) is 0 Å². The zero-order valence-electron chi connectivity index (χ0n) is 48.3. The Kier molecular flexibility index (Phi) is 59.1. The second kappa shape index (κ2) is 60.7. The van der Waals surface area contributed by atoms with Gasteiger partial charge >= 0.3 is 18.0 Å². The molecule has 0 aliphatic carbocycles.